The van der Waals surface area contributed by atoms with Crippen molar-refractivity contribution in [2.75, 3.05) is 0 Å². The minimum atomic E-state index is -0.738. The van der Waals surface area contributed by atoms with E-state index in [1.54, 1.807) is 12.1 Å². The SMILES string of the molecule is O=C(NC(Cc1ccccc1)C(=O)NOCc1ccccc1)c1cccs1. The molecule has 3 rings (SSSR count). The molecule has 0 aliphatic heterocycles. The summed E-state index contributed by atoms with van der Waals surface area (Å²) in [6.45, 7) is 0.253. The van der Waals surface area contributed by atoms with Crippen LogP contribution >= 0.6 is 11.3 Å². The van der Waals surface area contributed by atoms with E-state index in [1.807, 2.05) is 66.0 Å². The number of hydrogen-bond acceptors (Lipinski definition) is 4. The zero-order valence-electron chi connectivity index (χ0n) is 14.6. The largest absolute Gasteiger partial charge is 0.339 e. The maximum absolute atomic E-state index is 12.6. The highest BCUT2D eigenvalue weighted by atomic mass is 32.1. The predicted octanol–water partition coefficient (Wildman–Crippen LogP) is 3.34. The summed E-state index contributed by atoms with van der Waals surface area (Å²) in [5.74, 6) is -0.663. The van der Waals surface area contributed by atoms with Crippen molar-refractivity contribution >= 4 is 23.2 Å². The number of thiophene rings is 1. The van der Waals surface area contributed by atoms with Gasteiger partial charge >= 0.3 is 0 Å². The first kappa shape index (κ1) is 18.8. The van der Waals surface area contributed by atoms with Gasteiger partial charge in [-0.25, -0.2) is 5.48 Å². The van der Waals surface area contributed by atoms with Crippen LogP contribution < -0.4 is 10.8 Å². The van der Waals surface area contributed by atoms with Crippen molar-refractivity contribution in [1.82, 2.24) is 10.8 Å². The summed E-state index contributed by atoms with van der Waals surface area (Å²) in [6.07, 6.45) is 0.373. The van der Waals surface area contributed by atoms with Gasteiger partial charge in [-0.2, -0.15) is 0 Å². The van der Waals surface area contributed by atoms with Crippen LogP contribution in [0.3, 0.4) is 0 Å². The Labute approximate surface area is 162 Å². The van der Waals surface area contributed by atoms with Gasteiger partial charge in [0.15, 0.2) is 0 Å². The predicted molar refractivity (Wildman–Crippen MR) is 105 cm³/mol. The smallest absolute Gasteiger partial charge is 0.266 e. The molecule has 2 amide bonds. The third-order valence-corrected chi connectivity index (χ3v) is 4.77. The summed E-state index contributed by atoms with van der Waals surface area (Å²) in [5.41, 5.74) is 4.35. The van der Waals surface area contributed by atoms with E-state index in [4.69, 9.17) is 4.84 Å². The van der Waals surface area contributed by atoms with Gasteiger partial charge in [-0.05, 0) is 22.6 Å². The number of benzene rings is 2. The Morgan fingerprint density at radius 3 is 2.19 bits per heavy atom. The molecule has 6 heteroatoms. The molecule has 1 aromatic heterocycles. The highest BCUT2D eigenvalue weighted by molar-refractivity contribution is 7.12. The fraction of sp³-hybridized carbons (Fsp3) is 0.143. The molecule has 2 aromatic carbocycles. The highest BCUT2D eigenvalue weighted by Crippen LogP contribution is 2.10. The zero-order valence-corrected chi connectivity index (χ0v) is 15.4. The van der Waals surface area contributed by atoms with Gasteiger partial charge in [0, 0.05) is 6.42 Å². The van der Waals surface area contributed by atoms with Crippen LogP contribution in [0.15, 0.2) is 78.2 Å². The van der Waals surface area contributed by atoms with Crippen molar-refractivity contribution < 1.29 is 14.4 Å². The Morgan fingerprint density at radius 2 is 1.56 bits per heavy atom. The van der Waals surface area contributed by atoms with E-state index in [0.29, 0.717) is 11.3 Å². The van der Waals surface area contributed by atoms with E-state index in [0.717, 1.165) is 11.1 Å². The van der Waals surface area contributed by atoms with Crippen LogP contribution in [0.2, 0.25) is 0 Å². The second-order valence-corrected chi connectivity index (χ2v) is 6.88. The van der Waals surface area contributed by atoms with Gasteiger partial charge in [0.05, 0.1) is 11.5 Å². The fourth-order valence-corrected chi connectivity index (χ4v) is 3.16. The van der Waals surface area contributed by atoms with Crippen molar-refractivity contribution in [1.29, 1.82) is 0 Å². The maximum Gasteiger partial charge on any atom is 0.266 e. The summed E-state index contributed by atoms with van der Waals surface area (Å²) >= 11 is 1.33. The molecule has 27 heavy (non-hydrogen) atoms. The van der Waals surface area contributed by atoms with Gasteiger partial charge in [-0.3, -0.25) is 14.4 Å². The number of carbonyl (C=O) groups excluding carboxylic acids is 2. The Kier molecular flexibility index (Phi) is 6.73. The highest BCUT2D eigenvalue weighted by Gasteiger charge is 2.22. The topological polar surface area (TPSA) is 67.4 Å². The van der Waals surface area contributed by atoms with Crippen LogP contribution in [0.1, 0.15) is 20.8 Å². The second kappa shape index (κ2) is 9.66. The summed E-state index contributed by atoms with van der Waals surface area (Å²) in [6, 6.07) is 21.9. The lowest BCUT2D eigenvalue weighted by Gasteiger charge is -2.18. The van der Waals surface area contributed by atoms with Gasteiger partial charge in [0.1, 0.15) is 6.04 Å². The number of amides is 2. The van der Waals surface area contributed by atoms with Crippen LogP contribution in [0.25, 0.3) is 0 Å². The lowest BCUT2D eigenvalue weighted by Crippen LogP contribution is -2.47. The van der Waals surface area contributed by atoms with Crippen LogP contribution in [-0.2, 0) is 22.7 Å². The fourth-order valence-electron chi connectivity index (χ4n) is 2.53. The molecule has 0 radical (unpaired) electrons. The molecule has 3 aromatic rings. The Morgan fingerprint density at radius 1 is 0.889 bits per heavy atom. The number of hydroxylamine groups is 1. The first-order valence-corrected chi connectivity index (χ1v) is 9.44. The summed E-state index contributed by atoms with van der Waals surface area (Å²) < 4.78 is 0. The van der Waals surface area contributed by atoms with E-state index >= 15 is 0 Å². The molecule has 138 valence electrons. The summed E-state index contributed by atoms with van der Waals surface area (Å²) in [5, 5.41) is 4.62. The first-order valence-electron chi connectivity index (χ1n) is 8.56. The molecule has 5 nitrogen and oxygen atoms in total. The molecular formula is C21H20N2O3S. The zero-order chi connectivity index (χ0) is 18.9. The molecule has 2 N–H and O–H groups in total. The van der Waals surface area contributed by atoms with Crippen LogP contribution in [0.5, 0.6) is 0 Å². The Balaban J connectivity index is 1.62. The van der Waals surface area contributed by atoms with Crippen molar-refractivity contribution in [3.05, 3.63) is 94.2 Å². The molecular weight excluding hydrogens is 360 g/mol. The van der Waals surface area contributed by atoms with Crippen molar-refractivity contribution in [2.45, 2.75) is 19.1 Å². The van der Waals surface area contributed by atoms with Crippen molar-refractivity contribution in [3.63, 3.8) is 0 Å². The average molecular weight is 380 g/mol. The van der Waals surface area contributed by atoms with Crippen LogP contribution in [-0.4, -0.2) is 17.9 Å². The maximum atomic E-state index is 12.6. The van der Waals surface area contributed by atoms with E-state index < -0.39 is 6.04 Å². The van der Waals surface area contributed by atoms with E-state index in [9.17, 15) is 9.59 Å². The van der Waals surface area contributed by atoms with Gasteiger partial charge in [0.25, 0.3) is 11.8 Å². The number of hydrogen-bond donors (Lipinski definition) is 2. The molecule has 0 fully saturated rings. The molecule has 1 atom stereocenters. The van der Waals surface area contributed by atoms with Gasteiger partial charge < -0.3 is 5.32 Å². The standard InChI is InChI=1S/C21H20N2O3S/c24-20(23-26-15-17-10-5-2-6-11-17)18(14-16-8-3-1-4-9-16)22-21(25)19-12-7-13-27-19/h1-13,18H,14-15H2,(H,22,25)(H,23,24). The molecule has 0 saturated heterocycles. The van der Waals surface area contributed by atoms with Gasteiger partial charge in [-0.15, -0.1) is 11.3 Å². The average Bonchev–Trinajstić information content (AvgIpc) is 3.24. The van der Waals surface area contributed by atoms with Gasteiger partial charge in [-0.1, -0.05) is 66.7 Å². The van der Waals surface area contributed by atoms with E-state index in [-0.39, 0.29) is 18.4 Å². The molecule has 0 saturated carbocycles. The lowest BCUT2D eigenvalue weighted by molar-refractivity contribution is -0.136. The molecule has 0 aliphatic rings. The molecule has 0 spiro atoms. The minimum Gasteiger partial charge on any atom is -0.339 e. The molecule has 1 unspecified atom stereocenters. The third kappa shape index (κ3) is 5.77. The van der Waals surface area contributed by atoms with Crippen molar-refractivity contribution in [2.24, 2.45) is 0 Å². The minimum absolute atomic E-state index is 0.253. The quantitative estimate of drug-likeness (QED) is 0.589. The third-order valence-electron chi connectivity index (χ3n) is 3.90. The Bertz CT molecular complexity index is 852. The number of rotatable bonds is 8. The molecule has 0 aliphatic carbocycles. The first-order chi connectivity index (χ1) is 13.2. The second-order valence-electron chi connectivity index (χ2n) is 5.93. The Hall–Kier alpha value is -2.96. The monoisotopic (exact) mass is 380 g/mol. The summed E-state index contributed by atoms with van der Waals surface area (Å²) in [4.78, 5) is 30.9. The van der Waals surface area contributed by atoms with Crippen LogP contribution in [0, 0.1) is 0 Å². The van der Waals surface area contributed by atoms with Crippen LogP contribution in [0.4, 0.5) is 0 Å². The van der Waals surface area contributed by atoms with Gasteiger partial charge in [0.2, 0.25) is 0 Å². The molecule has 1 heterocycles. The number of nitrogens with one attached hydrogen (secondary N) is 2. The van der Waals surface area contributed by atoms with E-state index in [2.05, 4.69) is 10.8 Å². The van der Waals surface area contributed by atoms with E-state index in [1.165, 1.54) is 11.3 Å². The lowest BCUT2D eigenvalue weighted by atomic mass is 10.1. The number of carbonyl (C=O) groups is 2. The summed E-state index contributed by atoms with van der Waals surface area (Å²) in [7, 11) is 0. The normalized spacial score (nSPS) is 11.6. The molecule has 0 bridgehead atoms. The van der Waals surface area contributed by atoms with Crippen molar-refractivity contribution in [3.8, 4) is 0 Å².